The summed E-state index contributed by atoms with van der Waals surface area (Å²) < 4.78 is 5.12. The normalized spacial score (nSPS) is 35.1. The van der Waals surface area contributed by atoms with Gasteiger partial charge in [-0.1, -0.05) is 0 Å². The molecule has 1 aliphatic rings. The lowest BCUT2D eigenvalue weighted by Gasteiger charge is -2.24. The zero-order valence-electron chi connectivity index (χ0n) is 6.29. The number of aliphatic hydroxyl groups is 1. The molecule has 1 aliphatic heterocycles. The summed E-state index contributed by atoms with van der Waals surface area (Å²) in [5.41, 5.74) is 0. The van der Waals surface area contributed by atoms with E-state index in [1.165, 1.54) is 0 Å². The van der Waals surface area contributed by atoms with Crippen LogP contribution in [0.2, 0.25) is 0 Å². The molecule has 0 aromatic heterocycles. The van der Waals surface area contributed by atoms with Crippen molar-refractivity contribution in [2.45, 2.75) is 18.6 Å². The largest absolute Gasteiger partial charge is 0.453 e. The summed E-state index contributed by atoms with van der Waals surface area (Å²) in [6.45, 7) is 1.02. The van der Waals surface area contributed by atoms with Crippen LogP contribution in [0, 0.1) is 7.05 Å². The van der Waals surface area contributed by atoms with Crippen LogP contribution in [0.4, 0.5) is 0 Å². The first kappa shape index (κ1) is 7.98. The van der Waals surface area contributed by atoms with Crippen LogP contribution in [0.25, 0.3) is 0 Å². The molecule has 0 saturated carbocycles. The summed E-state index contributed by atoms with van der Waals surface area (Å²) in [7, 11) is 5.47. The molecule has 0 aromatic carbocycles. The molecule has 60 valence electrons. The molecule has 0 aromatic rings. The molecule has 0 spiro atoms. The predicted molar refractivity (Wildman–Crippen MR) is 38.4 cm³/mol. The summed E-state index contributed by atoms with van der Waals surface area (Å²) >= 11 is 0. The molecule has 3 nitrogen and oxygen atoms in total. The van der Waals surface area contributed by atoms with E-state index in [0.717, 1.165) is 13.0 Å². The van der Waals surface area contributed by atoms with Crippen LogP contribution in [-0.4, -0.2) is 42.4 Å². The second kappa shape index (κ2) is 3.32. The lowest BCUT2D eigenvalue weighted by molar-refractivity contribution is 0.112. The second-order valence-electron chi connectivity index (χ2n) is 2.70. The topological polar surface area (TPSA) is 32.7 Å². The van der Waals surface area contributed by atoms with E-state index in [-0.39, 0.29) is 18.8 Å². The Balaban J connectivity index is 2.36. The number of likely N-dealkylation sites (tertiary alicyclic amines) is 1. The van der Waals surface area contributed by atoms with Gasteiger partial charge >= 0.3 is 0 Å². The van der Waals surface area contributed by atoms with Gasteiger partial charge in [0.25, 0.3) is 0 Å². The lowest BCUT2D eigenvalue weighted by Crippen LogP contribution is -2.26. The third-order valence-corrected chi connectivity index (χ3v) is 2.03. The van der Waals surface area contributed by atoms with Gasteiger partial charge in [-0.05, 0) is 13.0 Å². The van der Waals surface area contributed by atoms with Crippen LogP contribution >= 0.6 is 0 Å². The fourth-order valence-electron chi connectivity index (χ4n) is 1.30. The maximum Gasteiger partial charge on any atom is 0.0689 e. The highest BCUT2D eigenvalue weighted by Crippen LogP contribution is 2.17. The number of rotatable bonds is 2. The van der Waals surface area contributed by atoms with Crippen molar-refractivity contribution in [3.8, 4) is 0 Å². The van der Waals surface area contributed by atoms with E-state index < -0.39 is 0 Å². The van der Waals surface area contributed by atoms with E-state index >= 15 is 0 Å². The highest BCUT2D eigenvalue weighted by molar-refractivity contribution is 4.84. The third kappa shape index (κ3) is 1.48. The van der Waals surface area contributed by atoms with E-state index in [0.29, 0.717) is 0 Å². The molecule has 0 unspecified atom stereocenters. The number of hydrogen-bond donors (Lipinski definition) is 1. The first-order chi connectivity index (χ1) is 4.77. The minimum Gasteiger partial charge on any atom is -0.453 e. The zero-order chi connectivity index (χ0) is 7.56. The molecule has 0 aliphatic carbocycles. The highest BCUT2D eigenvalue weighted by Gasteiger charge is 2.24. The fourth-order valence-corrected chi connectivity index (χ4v) is 1.30. The van der Waals surface area contributed by atoms with Crippen LogP contribution < -0.4 is 0 Å². The standard InChI is InChI=1S/C7H14NO2/c1-8-4-7(10-2)3-6(8)5-9/h6-7,9H,1,3-5H2,2H3/q-1/t6-,7-/m1/s1. The quantitative estimate of drug-likeness (QED) is 0.547. The van der Waals surface area contributed by atoms with Gasteiger partial charge in [0, 0.05) is 13.2 Å². The van der Waals surface area contributed by atoms with Crippen LogP contribution in [0.1, 0.15) is 6.42 Å². The molecule has 0 bridgehead atoms. The Kier molecular flexibility index (Phi) is 2.65. The second-order valence-corrected chi connectivity index (χ2v) is 2.70. The molecule has 1 N–H and O–H groups in total. The van der Waals surface area contributed by atoms with Crippen LogP contribution in [0.15, 0.2) is 0 Å². The van der Waals surface area contributed by atoms with E-state index in [1.807, 2.05) is 4.90 Å². The summed E-state index contributed by atoms with van der Waals surface area (Å²) in [6, 6.07) is 0.199. The number of ether oxygens (including phenoxy) is 1. The Morgan fingerprint density at radius 3 is 2.80 bits per heavy atom. The van der Waals surface area contributed by atoms with Crippen molar-refractivity contribution in [3.63, 3.8) is 0 Å². The first-order valence-electron chi connectivity index (χ1n) is 3.48. The SMILES string of the molecule is [CH2-]N1C[C@H](OC)C[C@@H]1CO. The maximum absolute atomic E-state index is 8.81. The molecule has 1 heterocycles. The van der Waals surface area contributed by atoms with Crippen LogP contribution in [0.3, 0.4) is 0 Å². The molecule has 1 fully saturated rings. The molecule has 1 rings (SSSR count). The lowest BCUT2D eigenvalue weighted by atomic mass is 10.2. The summed E-state index contributed by atoms with van der Waals surface area (Å²) in [5, 5.41) is 8.81. The Labute approximate surface area is 61.6 Å². The molecule has 10 heavy (non-hydrogen) atoms. The van der Waals surface area contributed by atoms with E-state index in [4.69, 9.17) is 9.84 Å². The zero-order valence-corrected chi connectivity index (χ0v) is 6.29. The van der Waals surface area contributed by atoms with Gasteiger partial charge in [-0.3, -0.25) is 7.05 Å². The van der Waals surface area contributed by atoms with Crippen LogP contribution in [-0.2, 0) is 4.74 Å². The first-order valence-corrected chi connectivity index (χ1v) is 3.48. The minimum absolute atomic E-state index is 0.184. The molecule has 0 amide bonds. The van der Waals surface area contributed by atoms with Gasteiger partial charge in [0.1, 0.15) is 0 Å². The van der Waals surface area contributed by atoms with Crippen molar-refractivity contribution >= 4 is 0 Å². The Morgan fingerprint density at radius 1 is 1.80 bits per heavy atom. The van der Waals surface area contributed by atoms with Crippen molar-refractivity contribution < 1.29 is 9.84 Å². The molecular weight excluding hydrogens is 130 g/mol. The van der Waals surface area contributed by atoms with Crippen LogP contribution in [0.5, 0.6) is 0 Å². The Bertz CT molecular complexity index is 108. The Morgan fingerprint density at radius 2 is 2.50 bits per heavy atom. The molecule has 2 atom stereocenters. The predicted octanol–water partition coefficient (Wildman–Crippen LogP) is -0.140. The molecular formula is C7H14NO2-. The van der Waals surface area contributed by atoms with E-state index in [9.17, 15) is 0 Å². The summed E-state index contributed by atoms with van der Waals surface area (Å²) in [5.74, 6) is 0. The van der Waals surface area contributed by atoms with Gasteiger partial charge in [-0.25, -0.2) is 0 Å². The summed E-state index contributed by atoms with van der Waals surface area (Å²) in [4.78, 5) is 1.88. The van der Waals surface area contributed by atoms with Crippen molar-refractivity contribution in [3.05, 3.63) is 7.05 Å². The number of methoxy groups -OCH3 is 1. The van der Waals surface area contributed by atoms with Crippen molar-refractivity contribution in [2.24, 2.45) is 0 Å². The van der Waals surface area contributed by atoms with Gasteiger partial charge in [0.05, 0.1) is 12.7 Å². The van der Waals surface area contributed by atoms with Crippen molar-refractivity contribution in [1.29, 1.82) is 0 Å². The maximum atomic E-state index is 8.81. The highest BCUT2D eigenvalue weighted by atomic mass is 16.5. The molecule has 3 heteroatoms. The smallest absolute Gasteiger partial charge is 0.0689 e. The van der Waals surface area contributed by atoms with Crippen molar-refractivity contribution in [2.75, 3.05) is 20.3 Å². The van der Waals surface area contributed by atoms with E-state index in [1.54, 1.807) is 7.11 Å². The monoisotopic (exact) mass is 144 g/mol. The van der Waals surface area contributed by atoms with Gasteiger partial charge in [0.15, 0.2) is 0 Å². The number of aliphatic hydroxyl groups excluding tert-OH is 1. The number of hydrogen-bond acceptors (Lipinski definition) is 3. The fraction of sp³-hybridized carbons (Fsp3) is 0.857. The number of nitrogens with zero attached hydrogens (tertiary/aromatic N) is 1. The third-order valence-electron chi connectivity index (χ3n) is 2.03. The molecule has 0 radical (unpaired) electrons. The Hall–Kier alpha value is -0.120. The van der Waals surface area contributed by atoms with Gasteiger partial charge in [-0.15, -0.1) is 0 Å². The average molecular weight is 144 g/mol. The average Bonchev–Trinajstić information content (AvgIpc) is 2.30. The van der Waals surface area contributed by atoms with Gasteiger partial charge in [0.2, 0.25) is 0 Å². The summed E-state index contributed by atoms with van der Waals surface area (Å²) in [6.07, 6.45) is 1.16. The van der Waals surface area contributed by atoms with Gasteiger partial charge < -0.3 is 14.7 Å². The van der Waals surface area contributed by atoms with E-state index in [2.05, 4.69) is 7.05 Å². The minimum atomic E-state index is 0.184. The van der Waals surface area contributed by atoms with Crippen molar-refractivity contribution in [1.82, 2.24) is 4.90 Å². The van der Waals surface area contributed by atoms with Gasteiger partial charge in [-0.2, -0.15) is 0 Å². The molecule has 1 saturated heterocycles.